The molecule has 0 aromatic carbocycles. The minimum Gasteiger partial charge on any atom is -0.383 e. The van der Waals surface area contributed by atoms with Gasteiger partial charge >= 0.3 is 6.03 Å². The van der Waals surface area contributed by atoms with Crippen LogP contribution in [0.1, 0.15) is 17.4 Å². The number of urea groups is 1. The van der Waals surface area contributed by atoms with Crippen molar-refractivity contribution in [1.82, 2.24) is 20.0 Å². The average Bonchev–Trinajstić information content (AvgIpc) is 2.85. The van der Waals surface area contributed by atoms with Gasteiger partial charge in [-0.3, -0.25) is 4.68 Å². The molecule has 0 spiro atoms. The number of amides is 2. The Bertz CT molecular complexity index is 458. The van der Waals surface area contributed by atoms with Crippen molar-refractivity contribution >= 4 is 6.03 Å². The second-order valence-electron chi connectivity index (χ2n) is 4.99. The van der Waals surface area contributed by atoms with Crippen LogP contribution in [-0.2, 0) is 22.4 Å². The van der Waals surface area contributed by atoms with Gasteiger partial charge in [-0.05, 0) is 12.0 Å². The lowest BCUT2D eigenvalue weighted by atomic mass is 10.1. The second kappa shape index (κ2) is 6.71. The van der Waals surface area contributed by atoms with Gasteiger partial charge in [-0.25, -0.2) is 4.79 Å². The van der Waals surface area contributed by atoms with E-state index in [0.717, 1.165) is 18.7 Å². The summed E-state index contributed by atoms with van der Waals surface area (Å²) in [6.45, 7) is 2.44. The van der Waals surface area contributed by atoms with Crippen LogP contribution in [0.4, 0.5) is 4.79 Å². The van der Waals surface area contributed by atoms with E-state index in [0.29, 0.717) is 19.8 Å². The summed E-state index contributed by atoms with van der Waals surface area (Å²) < 4.78 is 12.6. The number of carbonyl (C=O) groups excluding carboxylic acids is 1. The Labute approximate surface area is 118 Å². The molecule has 112 valence electrons. The summed E-state index contributed by atoms with van der Waals surface area (Å²) >= 11 is 0. The number of rotatable bonds is 5. The Balaban J connectivity index is 2.00. The van der Waals surface area contributed by atoms with E-state index in [-0.39, 0.29) is 12.1 Å². The number of methoxy groups -OCH3 is 1. The van der Waals surface area contributed by atoms with Crippen molar-refractivity contribution in [3.05, 3.63) is 17.5 Å². The third-order valence-electron chi connectivity index (χ3n) is 3.23. The van der Waals surface area contributed by atoms with E-state index in [4.69, 9.17) is 9.47 Å². The maximum Gasteiger partial charge on any atom is 0.316 e. The smallest absolute Gasteiger partial charge is 0.316 e. The molecule has 0 bridgehead atoms. The van der Waals surface area contributed by atoms with E-state index in [2.05, 4.69) is 10.4 Å². The van der Waals surface area contributed by atoms with Crippen LogP contribution in [-0.4, -0.2) is 61.7 Å². The molecule has 0 saturated heterocycles. The van der Waals surface area contributed by atoms with Gasteiger partial charge in [-0.2, -0.15) is 5.10 Å². The summed E-state index contributed by atoms with van der Waals surface area (Å²) in [5, 5.41) is 7.37. The van der Waals surface area contributed by atoms with Crippen LogP contribution in [0.2, 0.25) is 0 Å². The predicted molar refractivity (Wildman–Crippen MR) is 73.6 cm³/mol. The Morgan fingerprint density at radius 1 is 1.65 bits per heavy atom. The first kappa shape index (κ1) is 14.8. The van der Waals surface area contributed by atoms with Crippen molar-refractivity contribution in [2.75, 3.05) is 41.0 Å². The number of nitrogens with zero attached hydrogens (tertiary/aromatic N) is 3. The molecule has 1 N–H and O–H groups in total. The van der Waals surface area contributed by atoms with E-state index < -0.39 is 0 Å². The molecule has 7 heteroatoms. The third kappa shape index (κ3) is 3.49. The Hall–Kier alpha value is -1.60. The number of ether oxygens (including phenoxy) is 2. The molecular weight excluding hydrogens is 260 g/mol. The Morgan fingerprint density at radius 3 is 3.15 bits per heavy atom. The fourth-order valence-corrected chi connectivity index (χ4v) is 2.12. The molecule has 1 atom stereocenters. The van der Waals surface area contributed by atoms with Gasteiger partial charge < -0.3 is 19.7 Å². The molecule has 0 fully saturated rings. The lowest BCUT2D eigenvalue weighted by Gasteiger charge is -2.23. The monoisotopic (exact) mass is 282 g/mol. The van der Waals surface area contributed by atoms with Gasteiger partial charge in [0, 0.05) is 27.4 Å². The van der Waals surface area contributed by atoms with E-state index >= 15 is 0 Å². The molecule has 0 aliphatic carbocycles. The maximum atomic E-state index is 11.6. The molecule has 2 heterocycles. The highest BCUT2D eigenvalue weighted by Gasteiger charge is 2.25. The van der Waals surface area contributed by atoms with Crippen LogP contribution >= 0.6 is 0 Å². The Kier molecular flexibility index (Phi) is 4.97. The van der Waals surface area contributed by atoms with E-state index in [1.165, 1.54) is 10.5 Å². The Morgan fingerprint density at radius 2 is 2.45 bits per heavy atom. The standard InChI is InChI=1S/C13H22N4O3/c1-16(2)13(18)14-8-11-12-10(4-6-20-11)9-17(15-12)5-7-19-3/h9,11H,4-8H2,1-3H3,(H,14,18)/t11-/m0/s1. The second-order valence-corrected chi connectivity index (χ2v) is 4.99. The fourth-order valence-electron chi connectivity index (χ4n) is 2.12. The summed E-state index contributed by atoms with van der Waals surface area (Å²) in [4.78, 5) is 13.1. The van der Waals surface area contributed by atoms with Gasteiger partial charge in [0.25, 0.3) is 0 Å². The minimum absolute atomic E-state index is 0.125. The molecule has 1 aliphatic heterocycles. The van der Waals surface area contributed by atoms with Crippen molar-refractivity contribution < 1.29 is 14.3 Å². The number of nitrogens with one attached hydrogen (secondary N) is 1. The lowest BCUT2D eigenvalue weighted by molar-refractivity contribution is 0.0404. The molecule has 1 aromatic rings. The predicted octanol–water partition coefficient (Wildman–Crippen LogP) is 0.415. The van der Waals surface area contributed by atoms with Gasteiger partial charge in [-0.1, -0.05) is 0 Å². The highest BCUT2D eigenvalue weighted by molar-refractivity contribution is 5.73. The van der Waals surface area contributed by atoms with Gasteiger partial charge in [0.2, 0.25) is 0 Å². The van der Waals surface area contributed by atoms with E-state index in [9.17, 15) is 4.79 Å². The molecule has 7 nitrogen and oxygen atoms in total. The topological polar surface area (TPSA) is 68.6 Å². The van der Waals surface area contributed by atoms with Gasteiger partial charge in [-0.15, -0.1) is 0 Å². The van der Waals surface area contributed by atoms with Crippen LogP contribution in [0.25, 0.3) is 0 Å². The summed E-state index contributed by atoms with van der Waals surface area (Å²) in [5.41, 5.74) is 2.11. The zero-order chi connectivity index (χ0) is 14.5. The van der Waals surface area contributed by atoms with Crippen molar-refractivity contribution in [3.63, 3.8) is 0 Å². The molecule has 2 amide bonds. The van der Waals surface area contributed by atoms with E-state index in [1.54, 1.807) is 21.2 Å². The van der Waals surface area contributed by atoms with Crippen LogP contribution < -0.4 is 5.32 Å². The number of hydrogen-bond acceptors (Lipinski definition) is 4. The van der Waals surface area contributed by atoms with Crippen LogP contribution in [0.3, 0.4) is 0 Å². The molecule has 1 aromatic heterocycles. The maximum absolute atomic E-state index is 11.6. The first-order valence-electron chi connectivity index (χ1n) is 6.73. The summed E-state index contributed by atoms with van der Waals surface area (Å²) in [6.07, 6.45) is 2.73. The lowest BCUT2D eigenvalue weighted by Crippen LogP contribution is -2.38. The highest BCUT2D eigenvalue weighted by Crippen LogP contribution is 2.25. The zero-order valence-corrected chi connectivity index (χ0v) is 12.3. The van der Waals surface area contributed by atoms with Crippen LogP contribution in [0, 0.1) is 0 Å². The third-order valence-corrected chi connectivity index (χ3v) is 3.23. The first-order chi connectivity index (χ1) is 9.61. The number of fused-ring (bicyclic) bond motifs is 1. The van der Waals surface area contributed by atoms with E-state index in [1.807, 2.05) is 10.9 Å². The molecular formula is C13H22N4O3. The number of hydrogen-bond donors (Lipinski definition) is 1. The first-order valence-corrected chi connectivity index (χ1v) is 6.73. The molecule has 1 aliphatic rings. The largest absolute Gasteiger partial charge is 0.383 e. The van der Waals surface area contributed by atoms with Crippen molar-refractivity contribution in [3.8, 4) is 0 Å². The molecule has 0 radical (unpaired) electrons. The molecule has 0 saturated carbocycles. The summed E-state index contributed by atoms with van der Waals surface area (Å²) in [6, 6.07) is -0.125. The SMILES string of the molecule is COCCn1cc2c(n1)[C@H](CNC(=O)N(C)C)OCC2. The number of carbonyl (C=O) groups is 1. The van der Waals surface area contributed by atoms with Gasteiger partial charge in [0.1, 0.15) is 6.10 Å². The molecule has 20 heavy (non-hydrogen) atoms. The van der Waals surface area contributed by atoms with Crippen LogP contribution in [0.5, 0.6) is 0 Å². The fraction of sp³-hybridized carbons (Fsp3) is 0.692. The van der Waals surface area contributed by atoms with Gasteiger partial charge in [0.05, 0.1) is 32.0 Å². The molecule has 2 rings (SSSR count). The molecule has 0 unspecified atom stereocenters. The number of aromatic nitrogens is 2. The van der Waals surface area contributed by atoms with Gasteiger partial charge in [0.15, 0.2) is 0 Å². The summed E-state index contributed by atoms with van der Waals surface area (Å²) in [7, 11) is 5.09. The van der Waals surface area contributed by atoms with Crippen molar-refractivity contribution in [2.24, 2.45) is 0 Å². The van der Waals surface area contributed by atoms with Crippen molar-refractivity contribution in [2.45, 2.75) is 19.1 Å². The average molecular weight is 282 g/mol. The normalized spacial score (nSPS) is 17.6. The highest BCUT2D eigenvalue weighted by atomic mass is 16.5. The summed E-state index contributed by atoms with van der Waals surface area (Å²) in [5.74, 6) is 0. The van der Waals surface area contributed by atoms with Crippen molar-refractivity contribution in [1.29, 1.82) is 0 Å². The minimum atomic E-state index is -0.175. The zero-order valence-electron chi connectivity index (χ0n) is 12.3. The van der Waals surface area contributed by atoms with Crippen LogP contribution in [0.15, 0.2) is 6.20 Å². The quantitative estimate of drug-likeness (QED) is 0.849.